The topological polar surface area (TPSA) is 79.3 Å². The molecule has 0 amide bonds. The van der Waals surface area contributed by atoms with E-state index in [4.69, 9.17) is 0 Å². The van der Waals surface area contributed by atoms with Crippen LogP contribution < -0.4 is 4.72 Å². The summed E-state index contributed by atoms with van der Waals surface area (Å²) in [6.07, 6.45) is 3.36. The molecule has 0 aliphatic carbocycles. The van der Waals surface area contributed by atoms with E-state index in [0.29, 0.717) is 18.5 Å². The van der Waals surface area contributed by atoms with Crippen LogP contribution in [-0.2, 0) is 16.4 Å². The lowest BCUT2D eigenvalue weighted by atomic mass is 10.1. The summed E-state index contributed by atoms with van der Waals surface area (Å²) in [6, 6.07) is 9.93. The highest BCUT2D eigenvalue weighted by atomic mass is 32.2. The fourth-order valence-corrected chi connectivity index (χ4v) is 2.92. The second-order valence-corrected chi connectivity index (χ2v) is 6.52. The molecule has 0 bridgehead atoms. The highest BCUT2D eigenvalue weighted by molar-refractivity contribution is 7.89. The van der Waals surface area contributed by atoms with Crippen LogP contribution in [0.25, 0.3) is 0 Å². The molecule has 1 heterocycles. The molecule has 21 heavy (non-hydrogen) atoms. The van der Waals surface area contributed by atoms with Crippen molar-refractivity contribution >= 4 is 10.0 Å². The zero-order valence-corrected chi connectivity index (χ0v) is 12.5. The van der Waals surface area contributed by atoms with E-state index in [0.717, 1.165) is 5.56 Å². The molecule has 0 fully saturated rings. The molecular formula is C15H18N2O3S. The summed E-state index contributed by atoms with van der Waals surface area (Å²) in [4.78, 5) is 4.18. The summed E-state index contributed by atoms with van der Waals surface area (Å²) < 4.78 is 26.8. The molecule has 0 spiro atoms. The first-order valence-electron chi connectivity index (χ1n) is 6.65. The van der Waals surface area contributed by atoms with Crippen LogP contribution in [0, 0.1) is 0 Å². The number of aliphatic hydroxyl groups excluding tert-OH is 1. The van der Waals surface area contributed by atoms with Crippen molar-refractivity contribution in [1.29, 1.82) is 0 Å². The Kier molecular flexibility index (Phi) is 5.06. The van der Waals surface area contributed by atoms with Crippen molar-refractivity contribution in [1.82, 2.24) is 9.71 Å². The number of aliphatic hydroxyl groups is 1. The third-order valence-electron chi connectivity index (χ3n) is 3.10. The van der Waals surface area contributed by atoms with Crippen molar-refractivity contribution in [2.75, 3.05) is 6.54 Å². The minimum absolute atomic E-state index is 0.193. The van der Waals surface area contributed by atoms with E-state index in [9.17, 15) is 13.5 Å². The molecule has 112 valence electrons. The molecule has 1 aromatic heterocycles. The first kappa shape index (κ1) is 15.6. The predicted molar refractivity (Wildman–Crippen MR) is 80.2 cm³/mol. The fourth-order valence-electron chi connectivity index (χ4n) is 1.88. The minimum atomic E-state index is -3.52. The molecule has 0 saturated carbocycles. The van der Waals surface area contributed by atoms with Gasteiger partial charge in [0.25, 0.3) is 0 Å². The summed E-state index contributed by atoms with van der Waals surface area (Å²) >= 11 is 0. The lowest BCUT2D eigenvalue weighted by Gasteiger charge is -2.09. The average Bonchev–Trinajstić information content (AvgIpc) is 2.48. The molecule has 6 heteroatoms. The number of nitrogens with one attached hydrogen (secondary N) is 1. The monoisotopic (exact) mass is 306 g/mol. The summed E-state index contributed by atoms with van der Waals surface area (Å²) in [5.41, 5.74) is 1.66. The molecule has 1 unspecified atom stereocenters. The molecule has 0 aliphatic rings. The van der Waals surface area contributed by atoms with Crippen LogP contribution in [0.1, 0.15) is 24.2 Å². The molecule has 0 radical (unpaired) electrons. The lowest BCUT2D eigenvalue weighted by molar-refractivity contribution is 0.199. The van der Waals surface area contributed by atoms with Gasteiger partial charge in [-0.15, -0.1) is 0 Å². The van der Waals surface area contributed by atoms with E-state index < -0.39 is 16.1 Å². The summed E-state index contributed by atoms with van der Waals surface area (Å²) in [6.45, 7) is 1.95. The number of sulfonamides is 1. The minimum Gasteiger partial charge on any atom is -0.389 e. The van der Waals surface area contributed by atoms with Crippen molar-refractivity contribution < 1.29 is 13.5 Å². The van der Waals surface area contributed by atoms with Crippen LogP contribution >= 0.6 is 0 Å². The van der Waals surface area contributed by atoms with Gasteiger partial charge in [0.05, 0.1) is 11.0 Å². The Labute approximate surface area is 124 Å². The molecular weight excluding hydrogens is 288 g/mol. The van der Waals surface area contributed by atoms with Gasteiger partial charge in [-0.3, -0.25) is 4.98 Å². The van der Waals surface area contributed by atoms with Gasteiger partial charge in [0.15, 0.2) is 0 Å². The molecule has 0 saturated heterocycles. The lowest BCUT2D eigenvalue weighted by Crippen LogP contribution is -2.26. The average molecular weight is 306 g/mol. The molecule has 1 atom stereocenters. The van der Waals surface area contributed by atoms with E-state index in [-0.39, 0.29) is 4.90 Å². The van der Waals surface area contributed by atoms with Gasteiger partial charge >= 0.3 is 0 Å². The van der Waals surface area contributed by atoms with E-state index in [1.807, 2.05) is 12.1 Å². The van der Waals surface area contributed by atoms with Gasteiger partial charge in [-0.1, -0.05) is 18.2 Å². The van der Waals surface area contributed by atoms with Crippen molar-refractivity contribution in [3.05, 3.63) is 59.9 Å². The van der Waals surface area contributed by atoms with E-state index in [2.05, 4.69) is 9.71 Å². The maximum Gasteiger partial charge on any atom is 0.240 e. The van der Waals surface area contributed by atoms with Gasteiger partial charge in [0, 0.05) is 18.9 Å². The number of aromatic nitrogens is 1. The molecule has 2 aromatic rings. The van der Waals surface area contributed by atoms with Crippen LogP contribution in [0.4, 0.5) is 0 Å². The molecule has 0 aliphatic heterocycles. The van der Waals surface area contributed by atoms with Gasteiger partial charge in [-0.25, -0.2) is 13.1 Å². The van der Waals surface area contributed by atoms with Crippen molar-refractivity contribution in [2.45, 2.75) is 24.3 Å². The number of nitrogens with zero attached hydrogens (tertiary/aromatic N) is 1. The van der Waals surface area contributed by atoms with Gasteiger partial charge < -0.3 is 5.11 Å². The Hall–Kier alpha value is -1.76. The standard InChI is InChI=1S/C15H18N2O3S/c1-12(18)14-4-6-15(7-5-14)21(19,20)17-10-8-13-3-2-9-16-11-13/h2-7,9,11-12,17-18H,8,10H2,1H3. The van der Waals surface area contributed by atoms with Crippen LogP contribution in [0.5, 0.6) is 0 Å². The number of rotatable bonds is 6. The molecule has 5 nitrogen and oxygen atoms in total. The Bertz CT molecular complexity index is 668. The summed E-state index contributed by atoms with van der Waals surface area (Å²) in [5.74, 6) is 0. The Morgan fingerprint density at radius 3 is 2.52 bits per heavy atom. The van der Waals surface area contributed by atoms with Gasteiger partial charge in [0.2, 0.25) is 10.0 Å². The van der Waals surface area contributed by atoms with Crippen LogP contribution in [0.3, 0.4) is 0 Å². The number of pyridine rings is 1. The second kappa shape index (κ2) is 6.80. The highest BCUT2D eigenvalue weighted by Gasteiger charge is 2.13. The number of hydrogen-bond donors (Lipinski definition) is 2. The smallest absolute Gasteiger partial charge is 0.240 e. The van der Waals surface area contributed by atoms with E-state index in [1.54, 1.807) is 31.5 Å². The van der Waals surface area contributed by atoms with Crippen LogP contribution in [0.2, 0.25) is 0 Å². The SMILES string of the molecule is CC(O)c1ccc(S(=O)(=O)NCCc2cccnc2)cc1. The second-order valence-electron chi connectivity index (χ2n) is 4.75. The summed E-state index contributed by atoms with van der Waals surface area (Å²) in [5, 5.41) is 9.41. The van der Waals surface area contributed by atoms with E-state index in [1.165, 1.54) is 12.1 Å². The van der Waals surface area contributed by atoms with Gasteiger partial charge in [-0.2, -0.15) is 0 Å². The largest absolute Gasteiger partial charge is 0.389 e. The zero-order chi connectivity index (χ0) is 15.3. The first-order valence-corrected chi connectivity index (χ1v) is 8.14. The zero-order valence-electron chi connectivity index (χ0n) is 11.7. The van der Waals surface area contributed by atoms with Crippen molar-refractivity contribution in [3.63, 3.8) is 0 Å². The Morgan fingerprint density at radius 2 is 1.95 bits per heavy atom. The molecule has 1 aromatic carbocycles. The maximum absolute atomic E-state index is 12.1. The number of benzene rings is 1. The third kappa shape index (κ3) is 4.35. The third-order valence-corrected chi connectivity index (χ3v) is 4.58. The number of hydrogen-bond acceptors (Lipinski definition) is 4. The predicted octanol–water partition coefficient (Wildman–Crippen LogP) is 1.66. The Balaban J connectivity index is 1.98. The maximum atomic E-state index is 12.1. The molecule has 2 N–H and O–H groups in total. The van der Waals surface area contributed by atoms with Crippen molar-refractivity contribution in [2.24, 2.45) is 0 Å². The molecule has 2 rings (SSSR count). The van der Waals surface area contributed by atoms with Crippen molar-refractivity contribution in [3.8, 4) is 0 Å². The van der Waals surface area contributed by atoms with Gasteiger partial charge in [-0.05, 0) is 42.7 Å². The van der Waals surface area contributed by atoms with Crippen LogP contribution in [0.15, 0.2) is 53.7 Å². The summed E-state index contributed by atoms with van der Waals surface area (Å²) in [7, 11) is -3.52. The normalized spacial score (nSPS) is 13.0. The highest BCUT2D eigenvalue weighted by Crippen LogP contribution is 2.15. The quantitative estimate of drug-likeness (QED) is 0.850. The first-order chi connectivity index (χ1) is 9.99. The fraction of sp³-hybridized carbons (Fsp3) is 0.267. The van der Waals surface area contributed by atoms with E-state index >= 15 is 0 Å². The van der Waals surface area contributed by atoms with Crippen LogP contribution in [-0.4, -0.2) is 25.1 Å². The Morgan fingerprint density at radius 1 is 1.24 bits per heavy atom. The van der Waals surface area contributed by atoms with Gasteiger partial charge in [0.1, 0.15) is 0 Å².